The van der Waals surface area contributed by atoms with Crippen LogP contribution in [0.25, 0.3) is 0 Å². The summed E-state index contributed by atoms with van der Waals surface area (Å²) in [5.41, 5.74) is 0. The van der Waals surface area contributed by atoms with Gasteiger partial charge in [0.05, 0.1) is 6.10 Å². The standard InChI is InChI=1S/C8H18O2/c1-4-8(10)7(5-9)6(2)3/h6-10H,4-5H2,1-3H3/t7-,8+/m1/s1. The van der Waals surface area contributed by atoms with Crippen molar-refractivity contribution in [2.24, 2.45) is 11.8 Å². The molecule has 0 spiro atoms. The first-order chi connectivity index (χ1) is 4.63. The lowest BCUT2D eigenvalue weighted by molar-refractivity contribution is 0.0393. The largest absolute Gasteiger partial charge is 0.396 e. The van der Waals surface area contributed by atoms with Crippen LogP contribution < -0.4 is 0 Å². The molecule has 0 radical (unpaired) electrons. The average molecular weight is 146 g/mol. The lowest BCUT2D eigenvalue weighted by Gasteiger charge is -2.22. The van der Waals surface area contributed by atoms with Crippen molar-refractivity contribution in [1.82, 2.24) is 0 Å². The van der Waals surface area contributed by atoms with Gasteiger partial charge in [-0.2, -0.15) is 0 Å². The van der Waals surface area contributed by atoms with Gasteiger partial charge in [0.1, 0.15) is 0 Å². The van der Waals surface area contributed by atoms with Gasteiger partial charge < -0.3 is 10.2 Å². The number of hydrogen-bond donors (Lipinski definition) is 2. The molecule has 2 atom stereocenters. The summed E-state index contributed by atoms with van der Waals surface area (Å²) in [6.45, 7) is 6.04. The van der Waals surface area contributed by atoms with E-state index in [1.54, 1.807) is 0 Å². The number of rotatable bonds is 4. The maximum Gasteiger partial charge on any atom is 0.0590 e. The second-order valence-corrected chi connectivity index (χ2v) is 3.07. The van der Waals surface area contributed by atoms with E-state index in [1.807, 2.05) is 20.8 Å². The quantitative estimate of drug-likeness (QED) is 0.621. The highest BCUT2D eigenvalue weighted by molar-refractivity contribution is 4.69. The van der Waals surface area contributed by atoms with E-state index in [0.29, 0.717) is 5.92 Å². The molecule has 0 amide bonds. The maximum atomic E-state index is 9.33. The molecule has 0 aromatic carbocycles. The monoisotopic (exact) mass is 146 g/mol. The topological polar surface area (TPSA) is 40.5 Å². The summed E-state index contributed by atoms with van der Waals surface area (Å²) >= 11 is 0. The van der Waals surface area contributed by atoms with E-state index in [1.165, 1.54) is 0 Å². The summed E-state index contributed by atoms with van der Waals surface area (Å²) < 4.78 is 0. The van der Waals surface area contributed by atoms with Crippen LogP contribution in [0.1, 0.15) is 27.2 Å². The third-order valence-electron chi connectivity index (χ3n) is 1.98. The Balaban J connectivity index is 3.80. The Bertz CT molecular complexity index is 81.3. The molecule has 0 saturated carbocycles. The molecule has 0 saturated heterocycles. The van der Waals surface area contributed by atoms with Crippen molar-refractivity contribution in [3.8, 4) is 0 Å². The van der Waals surface area contributed by atoms with Gasteiger partial charge in [-0.15, -0.1) is 0 Å². The van der Waals surface area contributed by atoms with Crippen LogP contribution in [0.3, 0.4) is 0 Å². The number of aliphatic hydroxyl groups excluding tert-OH is 2. The zero-order valence-electron chi connectivity index (χ0n) is 7.04. The van der Waals surface area contributed by atoms with Gasteiger partial charge >= 0.3 is 0 Å². The third kappa shape index (κ3) is 2.67. The third-order valence-corrected chi connectivity index (χ3v) is 1.98. The zero-order chi connectivity index (χ0) is 8.15. The van der Waals surface area contributed by atoms with Gasteiger partial charge in [-0.3, -0.25) is 0 Å². The lowest BCUT2D eigenvalue weighted by atomic mass is 9.90. The van der Waals surface area contributed by atoms with Crippen molar-refractivity contribution in [2.75, 3.05) is 6.61 Å². The molecule has 0 heterocycles. The SMILES string of the molecule is CC[C@H](O)[C@H](CO)C(C)C. The molecule has 0 rings (SSSR count). The van der Waals surface area contributed by atoms with Crippen LogP contribution in [0, 0.1) is 11.8 Å². The summed E-state index contributed by atoms with van der Waals surface area (Å²) in [5.74, 6) is 0.407. The van der Waals surface area contributed by atoms with Crippen molar-refractivity contribution < 1.29 is 10.2 Å². The Labute approximate surface area is 62.9 Å². The van der Waals surface area contributed by atoms with E-state index >= 15 is 0 Å². The Hall–Kier alpha value is -0.0800. The Kier molecular flexibility index (Phi) is 4.65. The van der Waals surface area contributed by atoms with Gasteiger partial charge in [0.2, 0.25) is 0 Å². The first-order valence-electron chi connectivity index (χ1n) is 3.92. The molecule has 62 valence electrons. The molecule has 0 aromatic heterocycles. The minimum Gasteiger partial charge on any atom is -0.396 e. The van der Waals surface area contributed by atoms with Gasteiger partial charge in [-0.25, -0.2) is 0 Å². The van der Waals surface area contributed by atoms with Crippen LogP contribution in [0.5, 0.6) is 0 Å². The van der Waals surface area contributed by atoms with E-state index in [4.69, 9.17) is 5.11 Å². The normalized spacial score (nSPS) is 17.4. The fourth-order valence-corrected chi connectivity index (χ4v) is 1.08. The number of aliphatic hydroxyl groups is 2. The summed E-state index contributed by atoms with van der Waals surface area (Å²) in [4.78, 5) is 0. The molecule has 0 fully saturated rings. The molecule has 2 nitrogen and oxygen atoms in total. The molecule has 2 N–H and O–H groups in total. The Morgan fingerprint density at radius 1 is 1.30 bits per heavy atom. The van der Waals surface area contributed by atoms with Gasteiger partial charge in [-0.1, -0.05) is 20.8 Å². The molecule has 0 bridgehead atoms. The van der Waals surface area contributed by atoms with Gasteiger partial charge in [0, 0.05) is 12.5 Å². The van der Waals surface area contributed by atoms with Crippen LogP contribution in [-0.4, -0.2) is 22.9 Å². The smallest absolute Gasteiger partial charge is 0.0590 e. The molecule has 2 heteroatoms. The highest BCUT2D eigenvalue weighted by Crippen LogP contribution is 2.16. The summed E-state index contributed by atoms with van der Waals surface area (Å²) in [6, 6.07) is 0. The molecule has 0 aliphatic carbocycles. The molecule has 10 heavy (non-hydrogen) atoms. The average Bonchev–Trinajstić information content (AvgIpc) is 1.88. The first kappa shape index (κ1) is 9.92. The van der Waals surface area contributed by atoms with E-state index in [9.17, 15) is 5.11 Å². The Morgan fingerprint density at radius 2 is 1.80 bits per heavy atom. The molecule has 0 aliphatic heterocycles. The summed E-state index contributed by atoms with van der Waals surface area (Å²) in [6.07, 6.45) is 0.383. The minimum atomic E-state index is -0.343. The highest BCUT2D eigenvalue weighted by atomic mass is 16.3. The van der Waals surface area contributed by atoms with Crippen molar-refractivity contribution in [3.63, 3.8) is 0 Å². The lowest BCUT2D eigenvalue weighted by Crippen LogP contribution is -2.27. The fourth-order valence-electron chi connectivity index (χ4n) is 1.08. The second-order valence-electron chi connectivity index (χ2n) is 3.07. The predicted octanol–water partition coefficient (Wildman–Crippen LogP) is 1.02. The van der Waals surface area contributed by atoms with E-state index in [-0.39, 0.29) is 18.6 Å². The van der Waals surface area contributed by atoms with E-state index in [0.717, 1.165) is 6.42 Å². The minimum absolute atomic E-state index is 0.0463. The molecule has 0 unspecified atom stereocenters. The van der Waals surface area contributed by atoms with Gasteiger partial charge in [-0.05, 0) is 12.3 Å². The van der Waals surface area contributed by atoms with Gasteiger partial charge in [0.15, 0.2) is 0 Å². The maximum absolute atomic E-state index is 9.33. The molecular weight excluding hydrogens is 128 g/mol. The molecule has 0 aromatic rings. The van der Waals surface area contributed by atoms with Crippen molar-refractivity contribution in [3.05, 3.63) is 0 Å². The van der Waals surface area contributed by atoms with Crippen LogP contribution in [-0.2, 0) is 0 Å². The number of hydrogen-bond acceptors (Lipinski definition) is 2. The first-order valence-corrected chi connectivity index (χ1v) is 3.92. The molecular formula is C8H18O2. The summed E-state index contributed by atoms with van der Waals surface area (Å²) in [5, 5.41) is 18.2. The second kappa shape index (κ2) is 4.69. The highest BCUT2D eigenvalue weighted by Gasteiger charge is 2.19. The zero-order valence-corrected chi connectivity index (χ0v) is 7.04. The summed E-state index contributed by atoms with van der Waals surface area (Å²) in [7, 11) is 0. The van der Waals surface area contributed by atoms with E-state index < -0.39 is 0 Å². The molecule has 0 aliphatic rings. The van der Waals surface area contributed by atoms with Crippen molar-refractivity contribution in [1.29, 1.82) is 0 Å². The van der Waals surface area contributed by atoms with Crippen LogP contribution in [0.4, 0.5) is 0 Å². The predicted molar refractivity (Wildman–Crippen MR) is 41.7 cm³/mol. The van der Waals surface area contributed by atoms with Gasteiger partial charge in [0.25, 0.3) is 0 Å². The van der Waals surface area contributed by atoms with Crippen LogP contribution in [0.15, 0.2) is 0 Å². The van der Waals surface area contributed by atoms with E-state index in [2.05, 4.69) is 0 Å². The van der Waals surface area contributed by atoms with Crippen molar-refractivity contribution >= 4 is 0 Å². The Morgan fingerprint density at radius 3 is 1.90 bits per heavy atom. The fraction of sp³-hybridized carbons (Fsp3) is 1.00. The van der Waals surface area contributed by atoms with Crippen LogP contribution in [0.2, 0.25) is 0 Å². The van der Waals surface area contributed by atoms with Crippen molar-refractivity contribution in [2.45, 2.75) is 33.3 Å². The van der Waals surface area contributed by atoms with Crippen LogP contribution >= 0.6 is 0 Å².